The molecule has 9 aromatic rings. The van der Waals surface area contributed by atoms with Gasteiger partial charge >= 0.3 is 0 Å². The van der Waals surface area contributed by atoms with Crippen molar-refractivity contribution < 1.29 is 0 Å². The summed E-state index contributed by atoms with van der Waals surface area (Å²) in [5.74, 6) is 1.97. The molecule has 2 nitrogen and oxygen atoms in total. The average Bonchev–Trinajstić information content (AvgIpc) is 3.34. The molecule has 0 aromatic heterocycles. The number of hydrogen-bond donors (Lipinski definition) is 0. The minimum atomic E-state index is 0.432. The maximum Gasteiger partial charge on any atom is 0.0468 e. The van der Waals surface area contributed by atoms with Gasteiger partial charge < -0.3 is 9.80 Å². The van der Waals surface area contributed by atoms with Crippen molar-refractivity contribution in [2.24, 2.45) is 0 Å². The second kappa shape index (κ2) is 19.9. The first-order chi connectivity index (χ1) is 31.5. The van der Waals surface area contributed by atoms with Crippen molar-refractivity contribution in [3.8, 4) is 22.3 Å². The average molecular weight is 849 g/mol. The lowest BCUT2D eigenvalue weighted by Gasteiger charge is -2.28. The summed E-state index contributed by atoms with van der Waals surface area (Å²) in [6.45, 7) is 18.2. The molecule has 65 heavy (non-hydrogen) atoms. The lowest BCUT2D eigenvalue weighted by molar-refractivity contribution is 0.833. The van der Waals surface area contributed by atoms with E-state index in [1.807, 2.05) is 0 Å². The quantitative estimate of drug-likeness (QED) is 0.120. The molecule has 0 fully saturated rings. The normalized spacial score (nSPS) is 11.4. The Morgan fingerprint density at radius 3 is 1.06 bits per heavy atom. The smallest absolute Gasteiger partial charge is 0.0468 e. The van der Waals surface area contributed by atoms with Crippen molar-refractivity contribution in [1.82, 2.24) is 0 Å². The molecule has 0 radical (unpaired) electrons. The predicted molar refractivity (Wildman–Crippen MR) is 284 cm³/mol. The molecule has 0 unspecified atom stereocenters. The lowest BCUT2D eigenvalue weighted by atomic mass is 9.85. The van der Waals surface area contributed by atoms with Gasteiger partial charge in [-0.2, -0.15) is 0 Å². The van der Waals surface area contributed by atoms with Gasteiger partial charge in [-0.3, -0.25) is 0 Å². The molecule has 0 saturated carbocycles. The van der Waals surface area contributed by atoms with Gasteiger partial charge in [-0.1, -0.05) is 195 Å². The van der Waals surface area contributed by atoms with Gasteiger partial charge in [0.05, 0.1) is 0 Å². The molecule has 9 rings (SSSR count). The van der Waals surface area contributed by atoms with E-state index in [0.29, 0.717) is 23.7 Å². The van der Waals surface area contributed by atoms with E-state index in [9.17, 15) is 0 Å². The maximum absolute atomic E-state index is 2.43. The van der Waals surface area contributed by atoms with Gasteiger partial charge in [-0.05, 0) is 150 Å². The van der Waals surface area contributed by atoms with Crippen LogP contribution in [-0.4, -0.2) is 7.05 Å². The molecule has 0 spiro atoms. The third kappa shape index (κ3) is 9.79. The Kier molecular flexibility index (Phi) is 13.7. The highest BCUT2D eigenvalue weighted by Crippen LogP contribution is 2.47. The van der Waals surface area contributed by atoms with Crippen LogP contribution in [0, 0.1) is 0 Å². The maximum atomic E-state index is 2.43. The van der Waals surface area contributed by atoms with Gasteiger partial charge in [0.2, 0.25) is 0 Å². The minimum absolute atomic E-state index is 0.432. The fourth-order valence-corrected chi connectivity index (χ4v) is 8.94. The summed E-state index contributed by atoms with van der Waals surface area (Å²) in [7, 11) is 2.14. The van der Waals surface area contributed by atoms with E-state index >= 15 is 0 Å². The van der Waals surface area contributed by atoms with E-state index in [2.05, 4.69) is 272 Å². The zero-order valence-electron chi connectivity index (χ0n) is 39.8. The van der Waals surface area contributed by atoms with Crippen LogP contribution in [0.3, 0.4) is 0 Å². The first-order valence-electron chi connectivity index (χ1n) is 23.5. The number of para-hydroxylation sites is 2. The zero-order valence-corrected chi connectivity index (χ0v) is 39.8. The van der Waals surface area contributed by atoms with Crippen molar-refractivity contribution in [3.63, 3.8) is 0 Å². The van der Waals surface area contributed by atoms with Crippen molar-refractivity contribution in [2.75, 3.05) is 16.8 Å². The van der Waals surface area contributed by atoms with E-state index in [-0.39, 0.29) is 0 Å². The molecular formula is C63H64N2. The first-order valence-corrected chi connectivity index (χ1v) is 23.5. The van der Waals surface area contributed by atoms with Gasteiger partial charge in [0.15, 0.2) is 0 Å². The topological polar surface area (TPSA) is 6.48 Å². The Morgan fingerprint density at radius 2 is 0.631 bits per heavy atom. The van der Waals surface area contributed by atoms with Crippen LogP contribution in [0.15, 0.2) is 200 Å². The van der Waals surface area contributed by atoms with Crippen molar-refractivity contribution in [1.29, 1.82) is 0 Å². The van der Waals surface area contributed by atoms with E-state index in [1.54, 1.807) is 0 Å². The third-order valence-corrected chi connectivity index (χ3v) is 12.8. The summed E-state index contributed by atoms with van der Waals surface area (Å²) in [6.07, 6.45) is 0. The van der Waals surface area contributed by atoms with Gasteiger partial charge in [-0.25, -0.2) is 0 Å². The summed E-state index contributed by atoms with van der Waals surface area (Å²) in [4.78, 5) is 4.70. The second-order valence-electron chi connectivity index (χ2n) is 18.7. The van der Waals surface area contributed by atoms with Gasteiger partial charge in [0.1, 0.15) is 0 Å². The number of hydrogen-bond acceptors (Lipinski definition) is 2. The van der Waals surface area contributed by atoms with Crippen LogP contribution < -0.4 is 9.80 Å². The van der Waals surface area contributed by atoms with Crippen LogP contribution in [0.25, 0.3) is 43.8 Å². The van der Waals surface area contributed by atoms with E-state index in [1.165, 1.54) is 83.1 Å². The van der Waals surface area contributed by atoms with E-state index in [4.69, 9.17) is 0 Å². The fourth-order valence-electron chi connectivity index (χ4n) is 8.94. The van der Waals surface area contributed by atoms with Gasteiger partial charge in [-0.15, -0.1) is 0 Å². The SMILES string of the molecule is CC(C)c1cc(C(C)C)cc(N(C)c2ccccc2)c1.CC(C)c1cc(C(C)C)cc(N(c2ccccc2)c2ccc3c(-c4ccccc4)c4ccccc4c(-c4ccccc4)c3c2)c1. The number of anilines is 5. The van der Waals surface area contributed by atoms with Crippen molar-refractivity contribution in [2.45, 2.75) is 79.1 Å². The Hall–Kier alpha value is -6.90. The number of benzene rings is 9. The van der Waals surface area contributed by atoms with Crippen LogP contribution in [0.4, 0.5) is 28.4 Å². The molecule has 0 aliphatic rings. The zero-order chi connectivity index (χ0) is 45.6. The number of fused-ring (bicyclic) bond motifs is 2. The molecule has 0 aliphatic carbocycles. The summed E-state index contributed by atoms with van der Waals surface area (Å²) in [5.41, 5.74) is 16.5. The number of nitrogens with zero attached hydrogens (tertiary/aromatic N) is 2. The summed E-state index contributed by atoms with van der Waals surface area (Å²) in [5, 5.41) is 5.05. The van der Waals surface area contributed by atoms with E-state index in [0.717, 1.165) is 11.4 Å². The Bertz CT molecular complexity index is 2930. The monoisotopic (exact) mass is 849 g/mol. The molecule has 0 heterocycles. The van der Waals surface area contributed by atoms with Crippen LogP contribution >= 0.6 is 0 Å². The molecular weight excluding hydrogens is 785 g/mol. The standard InChI is InChI=1S/C44H39N.C19H25N/c1-30(2)34-26-35(31(3)4)28-38(27-34)45(36-20-12-7-13-21-36)37-24-25-41-42(29-37)44(33-18-10-6-11-19-33)40-23-15-14-22-39(40)43(41)32-16-8-5-9-17-32;1-14(2)16-11-17(15(3)4)13-19(12-16)20(5)18-9-7-6-8-10-18/h5-31H,1-4H3;6-15H,1-5H3. The molecule has 326 valence electrons. The highest BCUT2D eigenvalue weighted by Gasteiger charge is 2.21. The molecule has 0 N–H and O–H groups in total. The van der Waals surface area contributed by atoms with Crippen LogP contribution in [-0.2, 0) is 0 Å². The molecule has 2 heteroatoms. The van der Waals surface area contributed by atoms with Crippen LogP contribution in [0.2, 0.25) is 0 Å². The predicted octanol–water partition coefficient (Wildman–Crippen LogP) is 18.7. The molecule has 0 atom stereocenters. The van der Waals surface area contributed by atoms with E-state index < -0.39 is 0 Å². The molecule has 0 amide bonds. The third-order valence-electron chi connectivity index (χ3n) is 12.8. The molecule has 9 aromatic carbocycles. The van der Waals surface area contributed by atoms with Crippen molar-refractivity contribution >= 4 is 50.0 Å². The lowest BCUT2D eigenvalue weighted by Crippen LogP contribution is -2.11. The van der Waals surface area contributed by atoms with Gasteiger partial charge in [0, 0.05) is 35.5 Å². The summed E-state index contributed by atoms with van der Waals surface area (Å²) < 4.78 is 0. The molecule has 0 bridgehead atoms. The first kappa shape index (κ1) is 44.7. The largest absolute Gasteiger partial charge is 0.345 e. The Morgan fingerprint density at radius 1 is 0.277 bits per heavy atom. The summed E-state index contributed by atoms with van der Waals surface area (Å²) >= 11 is 0. The summed E-state index contributed by atoms with van der Waals surface area (Å²) in [6, 6.07) is 73.1. The van der Waals surface area contributed by atoms with Gasteiger partial charge in [0.25, 0.3) is 0 Å². The van der Waals surface area contributed by atoms with Crippen LogP contribution in [0.5, 0.6) is 0 Å². The Balaban J connectivity index is 0.000000241. The highest BCUT2D eigenvalue weighted by molar-refractivity contribution is 6.22. The van der Waals surface area contributed by atoms with Crippen molar-refractivity contribution in [3.05, 3.63) is 222 Å². The fraction of sp³-hybridized carbons (Fsp3) is 0.206. The molecule has 0 saturated heterocycles. The highest BCUT2D eigenvalue weighted by atomic mass is 15.1. The molecule has 0 aliphatic heterocycles. The van der Waals surface area contributed by atoms with Crippen LogP contribution in [0.1, 0.15) is 101 Å². The number of rotatable bonds is 11. The second-order valence-corrected chi connectivity index (χ2v) is 18.7. The Labute approximate surface area is 388 Å². The minimum Gasteiger partial charge on any atom is -0.345 e.